The number of rotatable bonds is 1. The molecule has 1 heterocycles. The van der Waals surface area contributed by atoms with Crippen molar-refractivity contribution in [2.45, 2.75) is 38.5 Å². The highest BCUT2D eigenvalue weighted by atomic mass is 14.7. The lowest BCUT2D eigenvalue weighted by Gasteiger charge is -2.28. The molecule has 1 nitrogen and oxygen atoms in total. The van der Waals surface area contributed by atoms with Crippen molar-refractivity contribution >= 4 is 0 Å². The molecule has 1 aromatic heterocycles. The topological polar surface area (TPSA) is 12.9 Å². The minimum Gasteiger partial charge on any atom is -0.260 e. The van der Waals surface area contributed by atoms with Crippen LogP contribution in [0.4, 0.5) is 0 Å². The molecular weight excluding hydrogens is 170 g/mol. The van der Waals surface area contributed by atoms with E-state index in [0.29, 0.717) is 11.8 Å². The lowest BCUT2D eigenvalue weighted by molar-refractivity contribution is 0.528. The van der Waals surface area contributed by atoms with Gasteiger partial charge in [0.2, 0.25) is 0 Å². The van der Waals surface area contributed by atoms with E-state index in [-0.39, 0.29) is 0 Å². The number of aromatic nitrogens is 1. The molecule has 1 aromatic rings. The van der Waals surface area contributed by atoms with Gasteiger partial charge in [0.25, 0.3) is 0 Å². The summed E-state index contributed by atoms with van der Waals surface area (Å²) < 4.78 is 0. The van der Waals surface area contributed by atoms with Crippen LogP contribution in [0, 0.1) is 0 Å². The Morgan fingerprint density at radius 2 is 2.29 bits per heavy atom. The van der Waals surface area contributed by atoms with Crippen molar-refractivity contribution in [1.82, 2.24) is 4.98 Å². The van der Waals surface area contributed by atoms with E-state index in [1.807, 2.05) is 12.3 Å². The smallest absolute Gasteiger partial charge is 0.0509 e. The van der Waals surface area contributed by atoms with E-state index in [1.54, 1.807) is 0 Å². The van der Waals surface area contributed by atoms with Gasteiger partial charge in [-0.3, -0.25) is 4.98 Å². The van der Waals surface area contributed by atoms with Gasteiger partial charge in [-0.15, -0.1) is 0 Å². The maximum absolute atomic E-state index is 4.51. The third-order valence-electron chi connectivity index (χ3n) is 3.22. The second kappa shape index (κ2) is 3.56. The highest BCUT2D eigenvalue weighted by molar-refractivity contribution is 5.33. The maximum Gasteiger partial charge on any atom is 0.0509 e. The van der Waals surface area contributed by atoms with E-state index in [9.17, 15) is 0 Å². The molecule has 0 saturated heterocycles. The zero-order chi connectivity index (χ0) is 10.1. The summed E-state index contributed by atoms with van der Waals surface area (Å²) in [6.07, 6.45) is 4.36. The van der Waals surface area contributed by atoms with Crippen LogP contribution in [0.1, 0.15) is 49.8 Å². The Balaban J connectivity index is 2.46. The van der Waals surface area contributed by atoms with Gasteiger partial charge in [-0.2, -0.15) is 0 Å². The van der Waals surface area contributed by atoms with Gasteiger partial charge in [0.1, 0.15) is 0 Å². The number of hydrogen-bond donors (Lipinski definition) is 0. The van der Waals surface area contributed by atoms with Crippen LogP contribution in [0.3, 0.4) is 0 Å². The molecule has 14 heavy (non-hydrogen) atoms. The highest BCUT2D eigenvalue weighted by Gasteiger charge is 2.25. The number of nitrogens with zero attached hydrogens (tertiary/aromatic N) is 1. The zero-order valence-electron chi connectivity index (χ0n) is 8.96. The summed E-state index contributed by atoms with van der Waals surface area (Å²) in [4.78, 5) is 4.51. The van der Waals surface area contributed by atoms with Crippen molar-refractivity contribution in [2.75, 3.05) is 0 Å². The second-order valence-corrected chi connectivity index (χ2v) is 4.36. The van der Waals surface area contributed by atoms with Crippen LogP contribution >= 0.6 is 0 Å². The molecule has 1 unspecified atom stereocenters. The number of allylic oxidation sites excluding steroid dienone is 1. The number of pyridine rings is 1. The van der Waals surface area contributed by atoms with E-state index in [4.69, 9.17) is 0 Å². The molecule has 0 N–H and O–H groups in total. The van der Waals surface area contributed by atoms with Crippen molar-refractivity contribution in [3.05, 3.63) is 41.7 Å². The Labute approximate surface area is 85.9 Å². The molecule has 74 valence electrons. The fraction of sp³-hybridized carbons (Fsp3) is 0.462. The first kappa shape index (κ1) is 9.45. The average molecular weight is 187 g/mol. The molecule has 0 saturated carbocycles. The Kier molecular flexibility index (Phi) is 2.40. The molecule has 0 amide bonds. The third kappa shape index (κ3) is 1.47. The molecular formula is C13H17N. The van der Waals surface area contributed by atoms with Crippen LogP contribution in [0.25, 0.3) is 0 Å². The molecule has 0 radical (unpaired) electrons. The minimum absolute atomic E-state index is 0.488. The molecule has 1 aliphatic rings. The molecule has 0 fully saturated rings. The minimum atomic E-state index is 0.488. The van der Waals surface area contributed by atoms with Gasteiger partial charge in [0.15, 0.2) is 0 Å². The Morgan fingerprint density at radius 1 is 1.50 bits per heavy atom. The molecule has 2 rings (SSSR count). The maximum atomic E-state index is 4.51. The van der Waals surface area contributed by atoms with Gasteiger partial charge in [0, 0.05) is 12.1 Å². The first-order valence-electron chi connectivity index (χ1n) is 5.30. The van der Waals surface area contributed by atoms with Crippen molar-refractivity contribution in [3.8, 4) is 0 Å². The van der Waals surface area contributed by atoms with E-state index < -0.39 is 0 Å². The highest BCUT2D eigenvalue weighted by Crippen LogP contribution is 2.39. The summed E-state index contributed by atoms with van der Waals surface area (Å²) in [7, 11) is 0. The molecule has 0 aliphatic heterocycles. The summed E-state index contributed by atoms with van der Waals surface area (Å²) in [6.45, 7) is 8.46. The summed E-state index contributed by atoms with van der Waals surface area (Å²) in [6, 6.07) is 4.25. The SMILES string of the molecule is C=C(C)C1CC[C@@H](C)c2cccnc21. The lowest BCUT2D eigenvalue weighted by atomic mass is 9.78. The molecule has 0 bridgehead atoms. The normalized spacial score (nSPS) is 25.6. The van der Waals surface area contributed by atoms with Gasteiger partial charge in [0.05, 0.1) is 5.69 Å². The van der Waals surface area contributed by atoms with Crippen molar-refractivity contribution in [1.29, 1.82) is 0 Å². The molecule has 0 aromatic carbocycles. The Hall–Kier alpha value is -1.11. The van der Waals surface area contributed by atoms with Crippen LogP contribution in [-0.4, -0.2) is 4.98 Å². The second-order valence-electron chi connectivity index (χ2n) is 4.36. The number of fused-ring (bicyclic) bond motifs is 1. The molecule has 0 spiro atoms. The lowest BCUT2D eigenvalue weighted by Crippen LogP contribution is -2.14. The number of hydrogen-bond acceptors (Lipinski definition) is 1. The summed E-state index contributed by atoms with van der Waals surface area (Å²) in [5, 5.41) is 0. The zero-order valence-corrected chi connectivity index (χ0v) is 8.96. The monoisotopic (exact) mass is 187 g/mol. The van der Waals surface area contributed by atoms with Crippen molar-refractivity contribution in [3.63, 3.8) is 0 Å². The van der Waals surface area contributed by atoms with E-state index in [0.717, 1.165) is 0 Å². The van der Waals surface area contributed by atoms with Crippen molar-refractivity contribution < 1.29 is 0 Å². The van der Waals surface area contributed by atoms with Crippen LogP contribution in [0.2, 0.25) is 0 Å². The molecule has 1 heteroatoms. The fourth-order valence-electron chi connectivity index (χ4n) is 2.33. The standard InChI is InChI=1S/C13H17N/c1-9(2)11-7-6-10(3)12-5-4-8-14-13(11)12/h4-5,8,10-11H,1,6-7H2,2-3H3/t10-,11?/m1/s1. The van der Waals surface area contributed by atoms with Gasteiger partial charge in [-0.1, -0.05) is 25.1 Å². The van der Waals surface area contributed by atoms with Crippen LogP contribution in [0.5, 0.6) is 0 Å². The van der Waals surface area contributed by atoms with Gasteiger partial charge in [-0.05, 0) is 37.3 Å². The van der Waals surface area contributed by atoms with Crippen LogP contribution in [-0.2, 0) is 0 Å². The fourth-order valence-corrected chi connectivity index (χ4v) is 2.33. The van der Waals surface area contributed by atoms with Crippen LogP contribution < -0.4 is 0 Å². The van der Waals surface area contributed by atoms with Gasteiger partial charge >= 0.3 is 0 Å². The Bertz CT molecular complexity index is 354. The largest absolute Gasteiger partial charge is 0.260 e. The van der Waals surface area contributed by atoms with Gasteiger partial charge < -0.3 is 0 Å². The first-order valence-corrected chi connectivity index (χ1v) is 5.30. The van der Waals surface area contributed by atoms with E-state index in [2.05, 4.69) is 31.5 Å². The van der Waals surface area contributed by atoms with Gasteiger partial charge in [-0.25, -0.2) is 0 Å². The average Bonchev–Trinajstić information content (AvgIpc) is 2.18. The summed E-state index contributed by atoms with van der Waals surface area (Å²) >= 11 is 0. The first-order chi connectivity index (χ1) is 6.70. The summed E-state index contributed by atoms with van der Waals surface area (Å²) in [5.74, 6) is 1.15. The molecule has 1 aliphatic carbocycles. The molecule has 2 atom stereocenters. The van der Waals surface area contributed by atoms with Crippen LogP contribution in [0.15, 0.2) is 30.5 Å². The van der Waals surface area contributed by atoms with E-state index >= 15 is 0 Å². The van der Waals surface area contributed by atoms with Crippen molar-refractivity contribution in [2.24, 2.45) is 0 Å². The predicted octanol–water partition coefficient (Wildman–Crippen LogP) is 3.64. The van der Waals surface area contributed by atoms with E-state index in [1.165, 1.54) is 29.7 Å². The summed E-state index contributed by atoms with van der Waals surface area (Å²) in [5.41, 5.74) is 3.93. The quantitative estimate of drug-likeness (QED) is 0.612. The predicted molar refractivity (Wildman–Crippen MR) is 59.4 cm³/mol. The third-order valence-corrected chi connectivity index (χ3v) is 3.22. The Morgan fingerprint density at radius 3 is 3.00 bits per heavy atom.